The van der Waals surface area contributed by atoms with Gasteiger partial charge in [0.2, 0.25) is 0 Å². The summed E-state index contributed by atoms with van der Waals surface area (Å²) in [4.78, 5) is 48.9. The maximum atomic E-state index is 12.3. The lowest BCUT2D eigenvalue weighted by Crippen LogP contribution is -2.32. The largest absolute Gasteiger partial charge is 0.777 e. The van der Waals surface area contributed by atoms with E-state index in [-0.39, 0.29) is 11.3 Å². The van der Waals surface area contributed by atoms with Gasteiger partial charge in [-0.3, -0.25) is 18.8 Å². The summed E-state index contributed by atoms with van der Waals surface area (Å²) >= 11 is 0. The zero-order valence-electron chi connectivity index (χ0n) is 21.8. The van der Waals surface area contributed by atoms with Crippen LogP contribution in [0.1, 0.15) is 25.0 Å². The molecule has 2 aromatic heterocycles. The van der Waals surface area contributed by atoms with Crippen LogP contribution in [0, 0.1) is 0 Å². The molecule has 2 saturated heterocycles. The fourth-order valence-electron chi connectivity index (χ4n) is 4.47. The molecule has 3 aromatic rings. The maximum Gasteiger partial charge on any atom is 0.320 e. The van der Waals surface area contributed by atoms with E-state index in [4.69, 9.17) is 18.7 Å². The van der Waals surface area contributed by atoms with Gasteiger partial charge in [0, 0.05) is 12.1 Å². The number of nitrogens with zero attached hydrogens (tertiary/aromatic N) is 4. The number of fused-ring (bicyclic) bond motifs is 2. The summed E-state index contributed by atoms with van der Waals surface area (Å²) in [6, 6.07) is 8.59. The fraction of sp³-hybridized carbons (Fsp3) is 0.455. The first-order valence-corrected chi connectivity index (χ1v) is 15.6. The van der Waals surface area contributed by atoms with Crippen molar-refractivity contribution in [2.75, 3.05) is 31.8 Å². The van der Waals surface area contributed by atoms with E-state index in [1.807, 2.05) is 18.2 Å². The molecule has 19 heteroatoms. The van der Waals surface area contributed by atoms with Crippen LogP contribution in [0.25, 0.3) is 11.2 Å². The quantitative estimate of drug-likeness (QED) is 0.252. The smallest absolute Gasteiger partial charge is 0.320 e. The molecule has 0 bridgehead atoms. The standard InChI is InChI=1S/C22H29N7O10P2/c1-3-24-22(30)28-18-15-19(26-10-25-18)29(11-27-15)20-17-16(37-21(38-17)13-7-5-4-6-8-13)14(36-20)9-35-41(33,34)39-40(31,32)12-23-2/h4-8,10-11,14,16-17,20-21,23H,3,9,12H2,1-2H3,(H,31,32)(H,33,34)(H2,24,25,26,28,30)/p-2/t14-,16?,17+,20-,21-/m1/s1. The van der Waals surface area contributed by atoms with Crippen molar-refractivity contribution in [2.45, 2.75) is 37.8 Å². The number of aromatic nitrogens is 4. The summed E-state index contributed by atoms with van der Waals surface area (Å²) in [6.07, 6.45) is -2.46. The molecule has 0 aliphatic carbocycles. The molecule has 2 fully saturated rings. The minimum atomic E-state index is -5.28. The minimum absolute atomic E-state index is 0.160. The first-order valence-electron chi connectivity index (χ1n) is 12.5. The normalized spacial score (nSPS) is 26.8. The van der Waals surface area contributed by atoms with Gasteiger partial charge in [0.25, 0.3) is 7.82 Å². The van der Waals surface area contributed by atoms with Gasteiger partial charge in [-0.15, -0.1) is 0 Å². The number of phosphoric acid groups is 1. The maximum absolute atomic E-state index is 12.3. The van der Waals surface area contributed by atoms with Crippen molar-refractivity contribution < 1.29 is 46.8 Å². The van der Waals surface area contributed by atoms with E-state index in [0.717, 1.165) is 0 Å². The Morgan fingerprint density at radius 2 is 1.85 bits per heavy atom. The molecule has 5 rings (SSSR count). The zero-order chi connectivity index (χ0) is 29.2. The molecule has 3 N–H and O–H groups in total. The van der Waals surface area contributed by atoms with E-state index in [2.05, 4.69) is 35.2 Å². The Labute approximate surface area is 233 Å². The SMILES string of the molecule is CCNC(=O)Nc1ncnc2c1ncn2[C@@H]1O[C@H](COP(=O)([O-])OP(=O)([O-])CNC)C2O[C@@H](c3ccccc3)O[C@@H]21. The van der Waals surface area contributed by atoms with E-state index < -0.39 is 65.2 Å². The molecular formula is C22H27N7O10P2-2. The second-order valence-electron chi connectivity index (χ2n) is 8.99. The fourth-order valence-corrected chi connectivity index (χ4v) is 6.82. The molecule has 17 nitrogen and oxygen atoms in total. The number of anilines is 1. The molecule has 2 aliphatic heterocycles. The summed E-state index contributed by atoms with van der Waals surface area (Å²) < 4.78 is 53.3. The lowest BCUT2D eigenvalue weighted by molar-refractivity contribution is -0.234. The first-order chi connectivity index (χ1) is 19.6. The minimum Gasteiger partial charge on any atom is -0.777 e. The number of amides is 2. The molecule has 222 valence electrons. The predicted molar refractivity (Wildman–Crippen MR) is 137 cm³/mol. The molecule has 4 heterocycles. The highest BCUT2D eigenvalue weighted by atomic mass is 31.3. The molecule has 2 aliphatic rings. The second-order valence-corrected chi connectivity index (χ2v) is 12.3. The van der Waals surface area contributed by atoms with Gasteiger partial charge in [-0.1, -0.05) is 30.3 Å². The van der Waals surface area contributed by atoms with Gasteiger partial charge in [0.05, 0.1) is 19.2 Å². The second kappa shape index (κ2) is 12.2. The van der Waals surface area contributed by atoms with Crippen LogP contribution in [-0.4, -0.2) is 70.3 Å². The summed E-state index contributed by atoms with van der Waals surface area (Å²) in [5.41, 5.74) is 1.27. The van der Waals surface area contributed by atoms with Crippen LogP contribution in [0.15, 0.2) is 43.0 Å². The van der Waals surface area contributed by atoms with E-state index in [1.165, 1.54) is 19.7 Å². The number of hydrogen-bond donors (Lipinski definition) is 3. The average molecular weight is 611 g/mol. The van der Waals surface area contributed by atoms with Gasteiger partial charge < -0.3 is 43.7 Å². The van der Waals surface area contributed by atoms with Gasteiger partial charge in [0.15, 0.2) is 37.1 Å². The van der Waals surface area contributed by atoms with Gasteiger partial charge in [-0.25, -0.2) is 19.7 Å². The van der Waals surface area contributed by atoms with Crippen LogP contribution in [-0.2, 0) is 32.2 Å². The Morgan fingerprint density at radius 3 is 2.59 bits per heavy atom. The lowest BCUT2D eigenvalue weighted by Gasteiger charge is -2.32. The third-order valence-electron chi connectivity index (χ3n) is 6.09. The summed E-state index contributed by atoms with van der Waals surface area (Å²) in [5.74, 6) is 0.160. The number of urea groups is 1. The van der Waals surface area contributed by atoms with Crippen molar-refractivity contribution in [2.24, 2.45) is 0 Å². The Bertz CT molecular complexity index is 1480. The van der Waals surface area contributed by atoms with Crippen molar-refractivity contribution in [1.82, 2.24) is 30.2 Å². The van der Waals surface area contributed by atoms with Gasteiger partial charge >= 0.3 is 6.03 Å². The summed E-state index contributed by atoms with van der Waals surface area (Å²) in [7, 11) is -8.72. The van der Waals surface area contributed by atoms with Gasteiger partial charge in [-0.05, 0) is 14.0 Å². The van der Waals surface area contributed by atoms with E-state index in [9.17, 15) is 23.7 Å². The highest BCUT2D eigenvalue weighted by Crippen LogP contribution is 2.55. The Kier molecular flexibility index (Phi) is 8.82. The molecule has 1 aromatic carbocycles. The molecule has 7 atom stereocenters. The molecule has 0 saturated carbocycles. The van der Waals surface area contributed by atoms with Crippen molar-refractivity contribution in [1.29, 1.82) is 0 Å². The van der Waals surface area contributed by atoms with Crippen molar-refractivity contribution in [3.05, 3.63) is 48.5 Å². The average Bonchev–Trinajstić information content (AvgIpc) is 3.62. The van der Waals surface area contributed by atoms with Crippen LogP contribution >= 0.6 is 15.4 Å². The Balaban J connectivity index is 1.40. The van der Waals surface area contributed by atoms with Crippen LogP contribution in [0.4, 0.5) is 10.6 Å². The van der Waals surface area contributed by atoms with E-state index in [0.29, 0.717) is 17.8 Å². The number of carbonyl (C=O) groups is 1. The zero-order valence-corrected chi connectivity index (χ0v) is 23.6. The third kappa shape index (κ3) is 6.65. The lowest BCUT2D eigenvalue weighted by atomic mass is 10.1. The van der Waals surface area contributed by atoms with Gasteiger partial charge in [0.1, 0.15) is 24.6 Å². The van der Waals surface area contributed by atoms with Crippen LogP contribution in [0.5, 0.6) is 0 Å². The van der Waals surface area contributed by atoms with E-state index >= 15 is 0 Å². The first kappa shape index (κ1) is 29.7. The summed E-state index contributed by atoms with van der Waals surface area (Å²) in [5, 5.41) is 7.53. The highest BCUT2D eigenvalue weighted by molar-refractivity contribution is 7.62. The molecule has 41 heavy (non-hydrogen) atoms. The predicted octanol–water partition coefficient (Wildman–Crippen LogP) is 0.580. The molecule has 2 amide bonds. The van der Waals surface area contributed by atoms with E-state index in [1.54, 1.807) is 23.6 Å². The Hall–Kier alpha value is -2.82. The molecule has 0 radical (unpaired) electrons. The van der Waals surface area contributed by atoms with Crippen molar-refractivity contribution >= 4 is 38.4 Å². The molecular weight excluding hydrogens is 584 g/mol. The number of rotatable bonds is 11. The molecule has 0 spiro atoms. The number of phosphoric ester groups is 1. The Morgan fingerprint density at radius 1 is 1.10 bits per heavy atom. The number of nitrogens with one attached hydrogen (secondary N) is 3. The third-order valence-corrected chi connectivity index (χ3v) is 9.06. The number of ether oxygens (including phenoxy) is 3. The van der Waals surface area contributed by atoms with Crippen molar-refractivity contribution in [3.63, 3.8) is 0 Å². The van der Waals surface area contributed by atoms with Gasteiger partial charge in [-0.2, -0.15) is 0 Å². The van der Waals surface area contributed by atoms with Crippen LogP contribution in [0.3, 0.4) is 0 Å². The molecule has 3 unspecified atom stereocenters. The van der Waals surface area contributed by atoms with Crippen molar-refractivity contribution in [3.8, 4) is 0 Å². The number of carbonyl (C=O) groups excluding carboxylic acids is 1. The monoisotopic (exact) mass is 611 g/mol. The number of hydrogen-bond acceptors (Lipinski definition) is 14. The highest BCUT2D eigenvalue weighted by Gasteiger charge is 2.54. The number of imidazole rings is 1. The topological polar surface area (TPSA) is 223 Å². The van der Waals surface area contributed by atoms with Crippen LogP contribution in [0.2, 0.25) is 0 Å². The number of benzene rings is 1. The van der Waals surface area contributed by atoms with Crippen LogP contribution < -0.4 is 25.7 Å². The summed E-state index contributed by atoms with van der Waals surface area (Å²) in [6.45, 7) is 1.54.